The summed E-state index contributed by atoms with van der Waals surface area (Å²) in [5.74, 6) is -2.16. The third-order valence-electron chi connectivity index (χ3n) is 10.2. The van der Waals surface area contributed by atoms with Gasteiger partial charge in [0.2, 0.25) is 0 Å². The Labute approximate surface area is 385 Å². The molecule has 0 saturated carbocycles. The van der Waals surface area contributed by atoms with Crippen LogP contribution in [0.5, 0.6) is 0 Å². The maximum atomic E-state index is 12.8. The van der Waals surface area contributed by atoms with Crippen LogP contribution >= 0.6 is 0 Å². The standard InChI is InChI=1S/C51H82O12S/c1-3-5-7-9-11-13-15-17-19-21-22-24-26-28-30-32-34-36-38-40-47(53)62-44(42-61-51-50(56)49(55)48(54)45(63-51)43-64(57,58)59)41-60-46(52)39-37-35-33-31-29-27-25-23-20-18-16-14-12-10-8-6-4-2/h5,7,11,13,17,19,22,24-25,27-28,30-31,33-34,36,44-45,48-51,54-56H,3-4,6,8-10,12,14-16,18,20-21,23,26,29,32,35,37-43H2,1-2H3,(H,57,58,59)/b7-5+,13-11+,19-17+,24-22+,27-25+,30-28+,33-31+,36-34+/t44-,45-,48-,49?,50?,51+/m1/s1. The fraction of sp³-hybridized carbons (Fsp3) is 0.647. The van der Waals surface area contributed by atoms with Gasteiger partial charge in [0, 0.05) is 12.8 Å². The molecule has 4 N–H and O–H groups in total. The van der Waals surface area contributed by atoms with Gasteiger partial charge >= 0.3 is 11.9 Å². The monoisotopic (exact) mass is 919 g/mol. The summed E-state index contributed by atoms with van der Waals surface area (Å²) in [6.45, 7) is 3.54. The minimum absolute atomic E-state index is 0.0251. The third-order valence-corrected chi connectivity index (χ3v) is 10.9. The Hall–Kier alpha value is -3.43. The van der Waals surface area contributed by atoms with E-state index in [9.17, 15) is 37.9 Å². The van der Waals surface area contributed by atoms with Crippen LogP contribution in [-0.4, -0.2) is 96.0 Å². The van der Waals surface area contributed by atoms with Crippen molar-refractivity contribution < 1.29 is 56.8 Å². The predicted octanol–water partition coefficient (Wildman–Crippen LogP) is 10.2. The van der Waals surface area contributed by atoms with Crippen LogP contribution in [0.25, 0.3) is 0 Å². The molecule has 1 fully saturated rings. The number of ether oxygens (including phenoxy) is 4. The summed E-state index contributed by atoms with van der Waals surface area (Å²) in [4.78, 5) is 25.4. The molecule has 0 aromatic rings. The highest BCUT2D eigenvalue weighted by Gasteiger charge is 2.46. The van der Waals surface area contributed by atoms with Crippen molar-refractivity contribution in [3.05, 3.63) is 97.2 Å². The summed E-state index contributed by atoms with van der Waals surface area (Å²) >= 11 is 0. The molecule has 13 heteroatoms. The van der Waals surface area contributed by atoms with Crippen molar-refractivity contribution in [2.75, 3.05) is 19.0 Å². The highest BCUT2D eigenvalue weighted by molar-refractivity contribution is 7.85. The van der Waals surface area contributed by atoms with Gasteiger partial charge < -0.3 is 34.3 Å². The minimum atomic E-state index is -4.62. The number of rotatable bonds is 38. The van der Waals surface area contributed by atoms with E-state index in [4.69, 9.17) is 18.9 Å². The number of allylic oxidation sites excluding steroid dienone is 16. The van der Waals surface area contributed by atoms with Crippen LogP contribution in [0.3, 0.4) is 0 Å². The van der Waals surface area contributed by atoms with Gasteiger partial charge in [-0.05, 0) is 77.0 Å². The Bertz CT molecular complexity index is 1540. The maximum absolute atomic E-state index is 12.8. The first kappa shape index (κ1) is 58.6. The second kappa shape index (κ2) is 39.9. The number of hydrogen-bond acceptors (Lipinski definition) is 11. The summed E-state index contributed by atoms with van der Waals surface area (Å²) in [6, 6.07) is 0. The Morgan fingerprint density at radius 3 is 1.53 bits per heavy atom. The molecule has 0 aromatic carbocycles. The van der Waals surface area contributed by atoms with Crippen LogP contribution in [0.15, 0.2) is 97.2 Å². The quantitative estimate of drug-likeness (QED) is 0.0199. The molecule has 64 heavy (non-hydrogen) atoms. The highest BCUT2D eigenvalue weighted by Crippen LogP contribution is 2.24. The number of aliphatic hydroxyl groups is 3. The lowest BCUT2D eigenvalue weighted by Gasteiger charge is -2.40. The van der Waals surface area contributed by atoms with Crippen LogP contribution in [0.1, 0.15) is 155 Å². The summed E-state index contributed by atoms with van der Waals surface area (Å²) in [6.07, 6.45) is 44.7. The molecule has 364 valence electrons. The van der Waals surface area contributed by atoms with Crippen LogP contribution in [0.2, 0.25) is 0 Å². The smallest absolute Gasteiger partial charge is 0.306 e. The molecule has 2 unspecified atom stereocenters. The molecule has 1 rings (SSSR count). The van der Waals surface area contributed by atoms with Gasteiger partial charge in [-0.15, -0.1) is 0 Å². The number of hydrogen-bond donors (Lipinski definition) is 4. The summed E-state index contributed by atoms with van der Waals surface area (Å²) in [5, 5.41) is 30.9. The van der Waals surface area contributed by atoms with Crippen LogP contribution in [0, 0.1) is 0 Å². The molecule has 1 saturated heterocycles. The van der Waals surface area contributed by atoms with E-state index in [0.717, 1.165) is 44.9 Å². The third kappa shape index (κ3) is 34.0. The van der Waals surface area contributed by atoms with E-state index in [0.29, 0.717) is 25.7 Å². The molecule has 1 aliphatic heterocycles. The van der Waals surface area contributed by atoms with Crippen molar-refractivity contribution in [2.45, 2.75) is 192 Å². The summed E-state index contributed by atoms with van der Waals surface area (Å²) in [7, 11) is -4.62. The van der Waals surface area contributed by atoms with Gasteiger partial charge in [0.1, 0.15) is 36.8 Å². The van der Waals surface area contributed by atoms with Gasteiger partial charge in [-0.25, -0.2) is 0 Å². The molecular formula is C51H82O12S. The van der Waals surface area contributed by atoms with Crippen molar-refractivity contribution in [1.29, 1.82) is 0 Å². The fourth-order valence-corrected chi connectivity index (χ4v) is 7.20. The summed E-state index contributed by atoms with van der Waals surface area (Å²) < 4.78 is 54.0. The van der Waals surface area contributed by atoms with Gasteiger partial charge in [-0.3, -0.25) is 14.1 Å². The van der Waals surface area contributed by atoms with E-state index < -0.39 is 71.2 Å². The molecule has 0 spiro atoms. The van der Waals surface area contributed by atoms with E-state index in [1.807, 2.05) is 24.3 Å². The Morgan fingerprint density at radius 2 is 1.02 bits per heavy atom. The lowest BCUT2D eigenvalue weighted by atomic mass is 10.00. The van der Waals surface area contributed by atoms with E-state index in [1.54, 1.807) is 0 Å². The highest BCUT2D eigenvalue weighted by atomic mass is 32.2. The molecule has 0 aromatic heterocycles. The van der Waals surface area contributed by atoms with Crippen molar-refractivity contribution in [3.8, 4) is 0 Å². The second-order valence-corrected chi connectivity index (χ2v) is 17.5. The number of aliphatic hydroxyl groups excluding tert-OH is 3. The lowest BCUT2D eigenvalue weighted by Crippen LogP contribution is -2.60. The molecule has 1 heterocycles. The summed E-state index contributed by atoms with van der Waals surface area (Å²) in [5.41, 5.74) is 0. The SMILES string of the molecule is CC/C=C/C/C=C/C/C=C/C/C=C/C/C=C/C/C=C/CCC(=O)O[C@H](COC(=O)CCC/C=C/C/C=C/CCCCCCCCCCC)CO[C@H]1O[C@H](CS(=O)(=O)O)[C@@H](O)C(O)C1O. The molecular weight excluding hydrogens is 837 g/mol. The van der Waals surface area contributed by atoms with Gasteiger partial charge in [0.15, 0.2) is 12.4 Å². The Morgan fingerprint density at radius 1 is 0.547 bits per heavy atom. The van der Waals surface area contributed by atoms with Crippen molar-refractivity contribution in [3.63, 3.8) is 0 Å². The lowest BCUT2D eigenvalue weighted by molar-refractivity contribution is -0.297. The first-order valence-corrected chi connectivity index (χ1v) is 25.4. The molecule has 6 atom stereocenters. The van der Waals surface area contributed by atoms with Crippen molar-refractivity contribution >= 4 is 22.1 Å². The van der Waals surface area contributed by atoms with Gasteiger partial charge in [-0.1, -0.05) is 162 Å². The largest absolute Gasteiger partial charge is 0.462 e. The van der Waals surface area contributed by atoms with Crippen LogP contribution in [-0.2, 0) is 38.7 Å². The van der Waals surface area contributed by atoms with E-state index in [-0.39, 0.29) is 19.4 Å². The maximum Gasteiger partial charge on any atom is 0.306 e. The van der Waals surface area contributed by atoms with E-state index in [1.165, 1.54) is 57.8 Å². The van der Waals surface area contributed by atoms with Crippen molar-refractivity contribution in [1.82, 2.24) is 0 Å². The number of unbranched alkanes of at least 4 members (excludes halogenated alkanes) is 10. The molecule has 0 bridgehead atoms. The van der Waals surface area contributed by atoms with E-state index in [2.05, 4.69) is 86.8 Å². The topological polar surface area (TPSA) is 186 Å². The molecule has 0 radical (unpaired) electrons. The number of carbonyl (C=O) groups is 2. The fourth-order valence-electron chi connectivity index (χ4n) is 6.51. The molecule has 12 nitrogen and oxygen atoms in total. The van der Waals surface area contributed by atoms with Gasteiger partial charge in [-0.2, -0.15) is 8.42 Å². The zero-order valence-corrected chi connectivity index (χ0v) is 39.7. The Kier molecular flexibility index (Phi) is 36.5. The second-order valence-electron chi connectivity index (χ2n) is 16.0. The van der Waals surface area contributed by atoms with Gasteiger partial charge in [0.25, 0.3) is 10.1 Å². The zero-order valence-electron chi connectivity index (χ0n) is 38.8. The number of esters is 2. The molecule has 0 amide bonds. The average Bonchev–Trinajstić information content (AvgIpc) is 3.26. The number of carbonyl (C=O) groups excluding carboxylic acids is 2. The van der Waals surface area contributed by atoms with Crippen LogP contribution in [0.4, 0.5) is 0 Å². The first-order chi connectivity index (χ1) is 31.0. The normalized spacial score (nSPS) is 20.5. The first-order valence-electron chi connectivity index (χ1n) is 23.8. The van der Waals surface area contributed by atoms with Crippen LogP contribution < -0.4 is 0 Å². The Balaban J connectivity index is 2.52. The average molecular weight is 919 g/mol. The zero-order chi connectivity index (χ0) is 46.9. The van der Waals surface area contributed by atoms with Crippen molar-refractivity contribution in [2.24, 2.45) is 0 Å². The molecule has 1 aliphatic rings. The molecule has 0 aliphatic carbocycles. The van der Waals surface area contributed by atoms with Gasteiger partial charge in [0.05, 0.1) is 6.61 Å². The minimum Gasteiger partial charge on any atom is -0.462 e. The van der Waals surface area contributed by atoms with E-state index >= 15 is 0 Å². The predicted molar refractivity (Wildman–Crippen MR) is 256 cm³/mol.